The van der Waals surface area contributed by atoms with E-state index in [4.69, 9.17) is 4.74 Å². The molecule has 0 amide bonds. The summed E-state index contributed by atoms with van der Waals surface area (Å²) >= 11 is 0. The second kappa shape index (κ2) is 19.5. The number of methoxy groups -OCH3 is 1. The summed E-state index contributed by atoms with van der Waals surface area (Å²) in [6.45, 7) is 2.28. The van der Waals surface area contributed by atoms with Gasteiger partial charge in [-0.25, -0.2) is 0 Å². The molecule has 1 N–H and O–H groups in total. The lowest BCUT2D eigenvalue weighted by molar-refractivity contribution is -0.140. The van der Waals surface area contributed by atoms with Gasteiger partial charge in [-0.2, -0.15) is 0 Å². The lowest BCUT2D eigenvalue weighted by atomic mass is 9.84. The number of hydrogen-bond acceptors (Lipinski definition) is 4. The molecule has 0 saturated heterocycles. The van der Waals surface area contributed by atoms with Gasteiger partial charge in [-0.05, 0) is 44.9 Å². The predicted octanol–water partition coefficient (Wildman–Crippen LogP) is 8.34. The number of unbranched alkanes of at least 4 members (excludes halogenated alkanes) is 9. The molecule has 4 nitrogen and oxygen atoms in total. The Morgan fingerprint density at radius 2 is 1.23 bits per heavy atom. The number of nitrogens with zero attached hydrogens (tertiary/aromatic N) is 1. The first-order valence-electron chi connectivity index (χ1n) is 15.7. The van der Waals surface area contributed by atoms with Crippen molar-refractivity contribution < 1.29 is 14.6 Å². The van der Waals surface area contributed by atoms with Crippen molar-refractivity contribution in [2.75, 3.05) is 7.11 Å². The first-order valence-corrected chi connectivity index (χ1v) is 15.7. The molecular formula is C31H59NO3. The molecule has 0 aromatic carbocycles. The van der Waals surface area contributed by atoms with E-state index in [1.807, 2.05) is 0 Å². The van der Waals surface area contributed by atoms with E-state index in [-0.39, 0.29) is 12.1 Å². The molecule has 0 radical (unpaired) electrons. The van der Waals surface area contributed by atoms with E-state index < -0.39 is 0 Å². The maximum Gasteiger partial charge on any atom is 0.305 e. The van der Waals surface area contributed by atoms with Gasteiger partial charge < -0.3 is 9.84 Å². The van der Waals surface area contributed by atoms with Crippen LogP contribution >= 0.6 is 0 Å². The number of rotatable bonds is 19. The predicted molar refractivity (Wildman–Crippen MR) is 148 cm³/mol. The Morgan fingerprint density at radius 3 is 1.77 bits per heavy atom. The van der Waals surface area contributed by atoms with Crippen LogP contribution in [0, 0.1) is 0 Å². The standard InChI is InChI=1S/C31H59NO3/c1-3-4-5-6-9-18-25-30(33)29(24-17-8-7-10-19-26-31(34)35-2)32(27-20-13-11-14-21-27)28-22-15-12-16-23-28/h27-30,33H,3-26H2,1-2H3. The van der Waals surface area contributed by atoms with E-state index >= 15 is 0 Å². The van der Waals surface area contributed by atoms with Gasteiger partial charge in [0, 0.05) is 24.5 Å². The number of aliphatic hydroxyl groups is 1. The number of aliphatic hydroxyl groups excluding tert-OH is 1. The van der Waals surface area contributed by atoms with Crippen LogP contribution < -0.4 is 0 Å². The van der Waals surface area contributed by atoms with E-state index in [0.717, 1.165) is 25.7 Å². The summed E-state index contributed by atoms with van der Waals surface area (Å²) < 4.78 is 4.76. The lowest BCUT2D eigenvalue weighted by Gasteiger charge is -2.48. The van der Waals surface area contributed by atoms with Crippen LogP contribution in [0.4, 0.5) is 0 Å². The molecule has 0 aliphatic heterocycles. The molecular weight excluding hydrogens is 434 g/mol. The van der Waals surface area contributed by atoms with Crippen molar-refractivity contribution in [1.29, 1.82) is 0 Å². The van der Waals surface area contributed by atoms with Gasteiger partial charge in [0.25, 0.3) is 0 Å². The van der Waals surface area contributed by atoms with Crippen molar-refractivity contribution in [1.82, 2.24) is 4.90 Å². The number of carbonyl (C=O) groups is 1. The molecule has 2 aliphatic rings. The smallest absolute Gasteiger partial charge is 0.305 e. The Morgan fingerprint density at radius 1 is 0.743 bits per heavy atom. The van der Waals surface area contributed by atoms with E-state index in [0.29, 0.717) is 24.5 Å². The molecule has 4 heteroatoms. The molecule has 2 fully saturated rings. The fourth-order valence-corrected chi connectivity index (χ4v) is 6.72. The Kier molecular flexibility index (Phi) is 17.1. The Hall–Kier alpha value is -0.610. The van der Waals surface area contributed by atoms with Crippen LogP contribution in [-0.4, -0.2) is 47.3 Å². The number of hydrogen-bond donors (Lipinski definition) is 1. The van der Waals surface area contributed by atoms with Crippen molar-refractivity contribution in [3.8, 4) is 0 Å². The minimum absolute atomic E-state index is 0.0847. The summed E-state index contributed by atoms with van der Waals surface area (Å²) in [5.74, 6) is -0.0847. The molecule has 0 bridgehead atoms. The molecule has 2 unspecified atom stereocenters. The summed E-state index contributed by atoms with van der Waals surface area (Å²) in [7, 11) is 1.48. The van der Waals surface area contributed by atoms with E-state index in [1.165, 1.54) is 129 Å². The maximum absolute atomic E-state index is 11.6. The zero-order valence-corrected chi connectivity index (χ0v) is 23.5. The first-order chi connectivity index (χ1) is 17.2. The summed E-state index contributed by atoms with van der Waals surface area (Å²) in [5, 5.41) is 11.6. The Bertz CT molecular complexity index is 495. The zero-order chi connectivity index (χ0) is 25.1. The Balaban J connectivity index is 1.93. The van der Waals surface area contributed by atoms with Gasteiger partial charge in [0.05, 0.1) is 13.2 Å². The molecule has 35 heavy (non-hydrogen) atoms. The second-order valence-electron chi connectivity index (χ2n) is 11.6. The van der Waals surface area contributed by atoms with Crippen molar-refractivity contribution in [3.63, 3.8) is 0 Å². The van der Waals surface area contributed by atoms with Crippen LogP contribution in [0.25, 0.3) is 0 Å². The minimum atomic E-state index is -0.177. The summed E-state index contributed by atoms with van der Waals surface area (Å²) in [6, 6.07) is 1.72. The van der Waals surface area contributed by atoms with Gasteiger partial charge in [0.1, 0.15) is 0 Å². The van der Waals surface area contributed by atoms with E-state index in [9.17, 15) is 9.90 Å². The highest BCUT2D eigenvalue weighted by atomic mass is 16.5. The van der Waals surface area contributed by atoms with Gasteiger partial charge in [-0.15, -0.1) is 0 Å². The molecule has 206 valence electrons. The molecule has 2 atom stereocenters. The molecule has 0 spiro atoms. The molecule has 2 saturated carbocycles. The summed E-state index contributed by atoms with van der Waals surface area (Å²) in [6.07, 6.45) is 29.5. The second-order valence-corrected chi connectivity index (χ2v) is 11.6. The van der Waals surface area contributed by atoms with Crippen molar-refractivity contribution in [2.24, 2.45) is 0 Å². The van der Waals surface area contributed by atoms with Crippen molar-refractivity contribution in [2.45, 2.75) is 185 Å². The third-order valence-electron chi connectivity index (χ3n) is 8.78. The fraction of sp³-hybridized carbons (Fsp3) is 0.968. The highest BCUT2D eigenvalue weighted by Gasteiger charge is 2.36. The van der Waals surface area contributed by atoms with Crippen LogP contribution in [0.1, 0.15) is 161 Å². The normalized spacial score (nSPS) is 19.7. The maximum atomic E-state index is 11.6. The average Bonchev–Trinajstić information content (AvgIpc) is 2.90. The van der Waals surface area contributed by atoms with Gasteiger partial charge in [0.2, 0.25) is 0 Å². The third kappa shape index (κ3) is 12.5. The van der Waals surface area contributed by atoms with Gasteiger partial charge in [-0.1, -0.05) is 110 Å². The van der Waals surface area contributed by atoms with Crippen LogP contribution in [0.5, 0.6) is 0 Å². The van der Waals surface area contributed by atoms with Crippen molar-refractivity contribution >= 4 is 5.97 Å². The first kappa shape index (κ1) is 30.6. The van der Waals surface area contributed by atoms with Crippen LogP contribution in [0.3, 0.4) is 0 Å². The van der Waals surface area contributed by atoms with Gasteiger partial charge in [0.15, 0.2) is 0 Å². The number of carbonyl (C=O) groups excluding carboxylic acids is 1. The molecule has 2 aliphatic carbocycles. The van der Waals surface area contributed by atoms with E-state index in [2.05, 4.69) is 11.8 Å². The Labute approximate surface area is 218 Å². The van der Waals surface area contributed by atoms with E-state index in [1.54, 1.807) is 0 Å². The fourth-order valence-electron chi connectivity index (χ4n) is 6.72. The highest BCUT2D eigenvalue weighted by molar-refractivity contribution is 5.68. The third-order valence-corrected chi connectivity index (χ3v) is 8.78. The number of esters is 1. The topological polar surface area (TPSA) is 49.8 Å². The molecule has 0 aromatic heterocycles. The molecule has 0 aromatic rings. The largest absolute Gasteiger partial charge is 0.469 e. The van der Waals surface area contributed by atoms with Crippen LogP contribution in [0.2, 0.25) is 0 Å². The van der Waals surface area contributed by atoms with Gasteiger partial charge in [-0.3, -0.25) is 9.69 Å². The zero-order valence-electron chi connectivity index (χ0n) is 23.5. The summed E-state index contributed by atoms with van der Waals surface area (Å²) in [4.78, 5) is 14.2. The van der Waals surface area contributed by atoms with Crippen molar-refractivity contribution in [3.05, 3.63) is 0 Å². The average molecular weight is 494 g/mol. The quantitative estimate of drug-likeness (QED) is 0.145. The van der Waals surface area contributed by atoms with Crippen LogP contribution in [-0.2, 0) is 9.53 Å². The molecule has 0 heterocycles. The van der Waals surface area contributed by atoms with Gasteiger partial charge >= 0.3 is 5.97 Å². The lowest BCUT2D eigenvalue weighted by Crippen LogP contribution is -2.55. The highest BCUT2D eigenvalue weighted by Crippen LogP contribution is 2.35. The summed E-state index contributed by atoms with van der Waals surface area (Å²) in [5.41, 5.74) is 0. The SMILES string of the molecule is CCCCCCCCC(O)C(CCCCCCCC(=O)OC)N(C1CCCCC1)C1CCCCC1. The monoisotopic (exact) mass is 493 g/mol. The molecule has 2 rings (SSSR count). The number of ether oxygens (including phenoxy) is 1. The van der Waals surface area contributed by atoms with Crippen LogP contribution in [0.15, 0.2) is 0 Å². The minimum Gasteiger partial charge on any atom is -0.469 e.